The quantitative estimate of drug-likeness (QED) is 0.863. The molecule has 0 radical (unpaired) electrons. The fourth-order valence-electron chi connectivity index (χ4n) is 1.24. The number of ether oxygens (including phenoxy) is 1. The van der Waals surface area contributed by atoms with Gasteiger partial charge < -0.3 is 9.15 Å². The van der Waals surface area contributed by atoms with Gasteiger partial charge in [-0.1, -0.05) is 15.9 Å². The summed E-state index contributed by atoms with van der Waals surface area (Å²) in [4.78, 5) is 0. The minimum atomic E-state index is 0.391. The van der Waals surface area contributed by atoms with Crippen molar-refractivity contribution >= 4 is 15.9 Å². The normalized spacial score (nSPS) is 9.75. The molecule has 0 atom stereocenters. The summed E-state index contributed by atoms with van der Waals surface area (Å²) in [6.45, 7) is 0.391. The molecule has 0 fully saturated rings. The van der Waals surface area contributed by atoms with Gasteiger partial charge >= 0.3 is 0 Å². The van der Waals surface area contributed by atoms with Gasteiger partial charge in [-0.2, -0.15) is 5.26 Å². The van der Waals surface area contributed by atoms with E-state index in [-0.39, 0.29) is 0 Å². The highest BCUT2D eigenvalue weighted by Gasteiger charge is 2.04. The zero-order valence-corrected chi connectivity index (χ0v) is 9.90. The minimum absolute atomic E-state index is 0.391. The van der Waals surface area contributed by atoms with Crippen molar-refractivity contribution in [1.29, 1.82) is 5.26 Å². The van der Waals surface area contributed by atoms with Gasteiger partial charge in [-0.05, 0) is 24.3 Å². The van der Waals surface area contributed by atoms with Gasteiger partial charge in [0.25, 0.3) is 0 Å². The molecule has 0 saturated carbocycles. The number of halogens is 1. The highest BCUT2D eigenvalue weighted by molar-refractivity contribution is 9.10. The molecule has 0 saturated heterocycles. The number of rotatable bonds is 3. The molecule has 0 amide bonds. The minimum Gasteiger partial charge on any atom is -0.487 e. The Hall–Kier alpha value is -1.73. The summed E-state index contributed by atoms with van der Waals surface area (Å²) in [5, 5.41) is 8.90. The van der Waals surface area contributed by atoms with Crippen LogP contribution in [0.15, 0.2) is 45.7 Å². The first-order valence-electron chi connectivity index (χ1n) is 4.63. The summed E-state index contributed by atoms with van der Waals surface area (Å²) in [7, 11) is 0. The maximum Gasteiger partial charge on any atom is 0.138 e. The van der Waals surface area contributed by atoms with E-state index in [4.69, 9.17) is 14.4 Å². The fraction of sp³-hybridized carbons (Fsp3) is 0.0833. The SMILES string of the molecule is N#Cc1ccc(Br)cc1OCc1ccoc1. The Morgan fingerprint density at radius 2 is 2.25 bits per heavy atom. The molecule has 0 unspecified atom stereocenters. The lowest BCUT2D eigenvalue weighted by atomic mass is 10.2. The van der Waals surface area contributed by atoms with Crippen LogP contribution in [0, 0.1) is 11.3 Å². The maximum atomic E-state index is 8.90. The molecule has 4 heteroatoms. The Bertz CT molecular complexity index is 514. The molecule has 0 aliphatic rings. The molecule has 0 aliphatic carbocycles. The zero-order valence-electron chi connectivity index (χ0n) is 8.31. The molecule has 2 rings (SSSR count). The lowest BCUT2D eigenvalue weighted by Crippen LogP contribution is -1.95. The first-order chi connectivity index (χ1) is 7.79. The van der Waals surface area contributed by atoms with Crippen LogP contribution in [-0.4, -0.2) is 0 Å². The van der Waals surface area contributed by atoms with Gasteiger partial charge in [0.2, 0.25) is 0 Å². The smallest absolute Gasteiger partial charge is 0.138 e. The van der Waals surface area contributed by atoms with Crippen LogP contribution in [0.25, 0.3) is 0 Å². The Morgan fingerprint density at radius 1 is 1.38 bits per heavy atom. The van der Waals surface area contributed by atoms with Crippen LogP contribution >= 0.6 is 15.9 Å². The molecule has 80 valence electrons. The van der Waals surface area contributed by atoms with Crippen molar-refractivity contribution in [2.45, 2.75) is 6.61 Å². The van der Waals surface area contributed by atoms with Crippen molar-refractivity contribution in [3.63, 3.8) is 0 Å². The fourth-order valence-corrected chi connectivity index (χ4v) is 1.58. The van der Waals surface area contributed by atoms with Crippen LogP contribution in [0.1, 0.15) is 11.1 Å². The monoisotopic (exact) mass is 277 g/mol. The highest BCUT2D eigenvalue weighted by Crippen LogP contribution is 2.23. The summed E-state index contributed by atoms with van der Waals surface area (Å²) in [5.41, 5.74) is 1.45. The van der Waals surface area contributed by atoms with E-state index in [1.807, 2.05) is 12.1 Å². The molecule has 0 N–H and O–H groups in total. The van der Waals surface area contributed by atoms with Gasteiger partial charge in [0, 0.05) is 10.0 Å². The van der Waals surface area contributed by atoms with Gasteiger partial charge in [0.1, 0.15) is 18.4 Å². The maximum absolute atomic E-state index is 8.90. The molecule has 0 bridgehead atoms. The first kappa shape index (κ1) is 10.8. The van der Waals surface area contributed by atoms with Crippen LogP contribution in [0.3, 0.4) is 0 Å². The molecule has 1 aromatic heterocycles. The molecule has 0 aliphatic heterocycles. The molecule has 0 spiro atoms. The van der Waals surface area contributed by atoms with Gasteiger partial charge in [-0.25, -0.2) is 0 Å². The number of hydrogen-bond donors (Lipinski definition) is 0. The summed E-state index contributed by atoms with van der Waals surface area (Å²) in [6, 6.07) is 9.21. The standard InChI is InChI=1S/C12H8BrNO2/c13-11-2-1-10(6-14)12(5-11)16-8-9-3-4-15-7-9/h1-5,7H,8H2. The molecule has 1 aromatic carbocycles. The Balaban J connectivity index is 2.15. The van der Waals surface area contributed by atoms with Gasteiger partial charge in [-0.15, -0.1) is 0 Å². The van der Waals surface area contributed by atoms with Crippen LogP contribution in [-0.2, 0) is 6.61 Å². The molecular formula is C12H8BrNO2. The van der Waals surface area contributed by atoms with Crippen LogP contribution in [0.4, 0.5) is 0 Å². The second-order valence-corrected chi connectivity index (χ2v) is 4.09. The second kappa shape index (κ2) is 4.86. The number of nitriles is 1. The lowest BCUT2D eigenvalue weighted by Gasteiger charge is -2.06. The number of nitrogens with zero attached hydrogens (tertiary/aromatic N) is 1. The lowest BCUT2D eigenvalue weighted by molar-refractivity contribution is 0.303. The van der Waals surface area contributed by atoms with Gasteiger partial charge in [0.05, 0.1) is 18.1 Å². The molecule has 2 aromatic rings. The van der Waals surface area contributed by atoms with Crippen molar-refractivity contribution in [2.75, 3.05) is 0 Å². The Kier molecular flexibility index (Phi) is 3.28. The van der Waals surface area contributed by atoms with E-state index in [1.165, 1.54) is 0 Å². The van der Waals surface area contributed by atoms with Crippen molar-refractivity contribution < 1.29 is 9.15 Å². The Morgan fingerprint density at radius 3 is 2.94 bits per heavy atom. The summed E-state index contributed by atoms with van der Waals surface area (Å²) >= 11 is 3.34. The van der Waals surface area contributed by atoms with E-state index in [2.05, 4.69) is 22.0 Å². The highest BCUT2D eigenvalue weighted by atomic mass is 79.9. The summed E-state index contributed by atoms with van der Waals surface area (Å²) < 4.78 is 11.4. The molecule has 1 heterocycles. The number of benzene rings is 1. The molecule has 3 nitrogen and oxygen atoms in total. The van der Waals surface area contributed by atoms with E-state index in [9.17, 15) is 0 Å². The van der Waals surface area contributed by atoms with E-state index in [1.54, 1.807) is 24.7 Å². The molecular weight excluding hydrogens is 270 g/mol. The van der Waals surface area contributed by atoms with E-state index in [0.717, 1.165) is 10.0 Å². The topological polar surface area (TPSA) is 46.2 Å². The van der Waals surface area contributed by atoms with Crippen molar-refractivity contribution in [1.82, 2.24) is 0 Å². The average molecular weight is 278 g/mol. The van der Waals surface area contributed by atoms with E-state index >= 15 is 0 Å². The van der Waals surface area contributed by atoms with Gasteiger partial charge in [0.15, 0.2) is 0 Å². The first-order valence-corrected chi connectivity index (χ1v) is 5.42. The largest absolute Gasteiger partial charge is 0.487 e. The third-order valence-electron chi connectivity index (χ3n) is 2.04. The predicted molar refractivity (Wildman–Crippen MR) is 61.9 cm³/mol. The van der Waals surface area contributed by atoms with Crippen LogP contribution < -0.4 is 4.74 Å². The van der Waals surface area contributed by atoms with Crippen LogP contribution in [0.2, 0.25) is 0 Å². The summed E-state index contributed by atoms with van der Waals surface area (Å²) in [6.07, 6.45) is 3.20. The van der Waals surface area contributed by atoms with Gasteiger partial charge in [-0.3, -0.25) is 0 Å². The van der Waals surface area contributed by atoms with Crippen molar-refractivity contribution in [2.24, 2.45) is 0 Å². The Labute approximate surface area is 101 Å². The predicted octanol–water partition coefficient (Wildman–Crippen LogP) is 3.49. The number of hydrogen-bond acceptors (Lipinski definition) is 3. The molecule has 16 heavy (non-hydrogen) atoms. The van der Waals surface area contributed by atoms with E-state index in [0.29, 0.717) is 17.9 Å². The summed E-state index contributed by atoms with van der Waals surface area (Å²) in [5.74, 6) is 0.568. The van der Waals surface area contributed by atoms with E-state index < -0.39 is 0 Å². The van der Waals surface area contributed by atoms with Crippen LogP contribution in [0.5, 0.6) is 5.75 Å². The van der Waals surface area contributed by atoms with Crippen molar-refractivity contribution in [3.8, 4) is 11.8 Å². The number of furan rings is 1. The van der Waals surface area contributed by atoms with Crippen molar-refractivity contribution in [3.05, 3.63) is 52.4 Å². The second-order valence-electron chi connectivity index (χ2n) is 3.17. The third kappa shape index (κ3) is 2.44. The average Bonchev–Trinajstić information content (AvgIpc) is 2.79. The zero-order chi connectivity index (χ0) is 11.4. The third-order valence-corrected chi connectivity index (χ3v) is 2.53.